The maximum absolute atomic E-state index is 5.35. The molecule has 0 heterocycles. The average molecular weight is 169 g/mol. The summed E-state index contributed by atoms with van der Waals surface area (Å²) in [6.45, 7) is 3.82. The van der Waals surface area contributed by atoms with Crippen molar-refractivity contribution in [3.05, 3.63) is 0 Å². The van der Waals surface area contributed by atoms with Crippen LogP contribution in [0.15, 0.2) is 0 Å². The Morgan fingerprint density at radius 2 is 2.22 bits per heavy atom. The van der Waals surface area contributed by atoms with Gasteiger partial charge in [-0.05, 0) is 17.1 Å². The molecule has 0 aliphatic heterocycles. The maximum Gasteiger partial charge on any atom is 0.0568 e. The van der Waals surface area contributed by atoms with Gasteiger partial charge in [-0.25, -0.2) is 0 Å². The fraction of sp³-hybridized carbons (Fsp3) is 1.00. The van der Waals surface area contributed by atoms with Gasteiger partial charge in [-0.2, -0.15) is 0 Å². The van der Waals surface area contributed by atoms with Crippen LogP contribution in [0, 0.1) is 0 Å². The van der Waals surface area contributed by atoms with Crippen LogP contribution >= 0.6 is 21.7 Å². The normalized spacial score (nSPS) is 10.0. The first-order chi connectivity index (χ1) is 4.41. The van der Waals surface area contributed by atoms with Gasteiger partial charge >= 0.3 is 0 Å². The summed E-state index contributed by atoms with van der Waals surface area (Å²) in [6.07, 6.45) is 2.36. The molecule has 0 N–H and O–H groups in total. The molecular weight excluding hydrogens is 156 g/mol. The highest BCUT2D eigenvalue weighted by molar-refractivity contribution is 8.21. The van der Waals surface area contributed by atoms with Crippen molar-refractivity contribution >= 4 is 21.7 Å². The van der Waals surface area contributed by atoms with Gasteiger partial charge in [-0.1, -0.05) is 24.3 Å². The van der Waals surface area contributed by atoms with E-state index >= 15 is 0 Å². The first-order valence-corrected chi connectivity index (χ1v) is 5.04. The number of ether oxygens (including phenoxy) is 1. The van der Waals surface area contributed by atoms with E-state index in [0.29, 0.717) is 0 Å². The van der Waals surface area contributed by atoms with Gasteiger partial charge in [0.2, 0.25) is 0 Å². The van der Waals surface area contributed by atoms with E-state index in [1.165, 1.54) is 17.4 Å². The Bertz CT molecular complexity index is 46.3. The van der Waals surface area contributed by atoms with Crippen molar-refractivity contribution in [3.63, 3.8) is 0 Å². The molecule has 3 heteroatoms. The average Bonchev–Trinajstić information content (AvgIpc) is 1.89. The van der Waals surface area contributed by atoms with Gasteiger partial charge in [-0.3, -0.25) is 0 Å². The molecule has 0 amide bonds. The maximum atomic E-state index is 5.35. The number of hydrogen-bond acceptors (Lipinski definition) is 2. The van der Waals surface area contributed by atoms with Gasteiger partial charge < -0.3 is 4.74 Å². The van der Waals surface area contributed by atoms with Crippen LogP contribution in [0.3, 0.4) is 0 Å². The van der Waals surface area contributed by atoms with Crippen LogP contribution in [-0.4, -0.2) is 19.0 Å². The number of rotatable bonds is 6. The summed E-state index contributed by atoms with van der Waals surface area (Å²) in [7, 11) is 6.66. The summed E-state index contributed by atoms with van der Waals surface area (Å²) in [5, 5.41) is 0. The first-order valence-electron chi connectivity index (χ1n) is 3.23. The molecule has 0 saturated carbocycles. The third-order valence-corrected chi connectivity index (χ3v) is 1.73. The van der Waals surface area contributed by atoms with E-state index in [1.807, 2.05) is 0 Å². The lowest BCUT2D eigenvalue weighted by Gasteiger charge is -1.98. The summed E-state index contributed by atoms with van der Waals surface area (Å²) < 4.78 is 5.21. The van der Waals surface area contributed by atoms with E-state index in [-0.39, 0.29) is 0 Å². The summed E-state index contributed by atoms with van der Waals surface area (Å²) in [5.41, 5.74) is 0. The fourth-order valence-corrected chi connectivity index (χ4v) is 0.809. The van der Waals surface area contributed by atoms with E-state index < -0.39 is 0 Å². The highest BCUT2D eigenvalue weighted by Crippen LogP contribution is 2.03. The molecule has 0 bridgehead atoms. The topological polar surface area (TPSA) is 9.23 Å². The molecule has 0 saturated heterocycles. The predicted molar refractivity (Wildman–Crippen MR) is 44.0 cm³/mol. The van der Waals surface area contributed by atoms with Gasteiger partial charge in [0.1, 0.15) is 0 Å². The molecule has 9 heavy (non-hydrogen) atoms. The Labute approximate surface area is 65.6 Å². The van der Waals surface area contributed by atoms with Crippen molar-refractivity contribution in [1.82, 2.24) is 0 Å². The SMILES string of the molecule is CCCCOCCSCl. The van der Waals surface area contributed by atoms with Crippen molar-refractivity contribution < 1.29 is 4.74 Å². The molecule has 56 valence electrons. The van der Waals surface area contributed by atoms with Crippen LogP contribution in [0.25, 0.3) is 0 Å². The van der Waals surface area contributed by atoms with Crippen LogP contribution in [0.2, 0.25) is 0 Å². The van der Waals surface area contributed by atoms with Crippen molar-refractivity contribution in [3.8, 4) is 0 Å². The van der Waals surface area contributed by atoms with Crippen LogP contribution in [0.4, 0.5) is 0 Å². The molecule has 0 atom stereocenters. The van der Waals surface area contributed by atoms with Crippen LogP contribution < -0.4 is 0 Å². The van der Waals surface area contributed by atoms with Gasteiger partial charge in [0.25, 0.3) is 0 Å². The highest BCUT2D eigenvalue weighted by atomic mass is 35.7. The second-order valence-electron chi connectivity index (χ2n) is 1.78. The summed E-state index contributed by atoms with van der Waals surface area (Å²) >= 11 is 0. The molecule has 0 aromatic rings. The smallest absolute Gasteiger partial charge is 0.0568 e. The zero-order valence-electron chi connectivity index (χ0n) is 5.73. The lowest BCUT2D eigenvalue weighted by atomic mass is 10.4. The molecule has 1 nitrogen and oxygen atoms in total. The molecule has 0 aliphatic carbocycles. The van der Waals surface area contributed by atoms with E-state index in [0.717, 1.165) is 25.4 Å². The predicted octanol–water partition coefficient (Wildman–Crippen LogP) is 2.69. The van der Waals surface area contributed by atoms with Gasteiger partial charge in [-0.15, -0.1) is 0 Å². The van der Waals surface area contributed by atoms with Crippen LogP contribution in [0.1, 0.15) is 19.8 Å². The molecule has 0 fully saturated rings. The quantitative estimate of drug-likeness (QED) is 0.564. The third kappa shape index (κ3) is 8.60. The Balaban J connectivity index is 2.60. The van der Waals surface area contributed by atoms with Crippen LogP contribution in [-0.2, 0) is 4.74 Å². The lowest BCUT2D eigenvalue weighted by Crippen LogP contribution is -1.97. The fourth-order valence-electron chi connectivity index (χ4n) is 0.439. The second-order valence-corrected chi connectivity index (χ2v) is 3.06. The molecule has 0 unspecified atom stereocenters. The molecule has 0 rings (SSSR count). The van der Waals surface area contributed by atoms with Gasteiger partial charge in [0.05, 0.1) is 6.61 Å². The number of hydrogen-bond donors (Lipinski definition) is 0. The van der Waals surface area contributed by atoms with Crippen molar-refractivity contribution in [2.45, 2.75) is 19.8 Å². The number of unbranched alkanes of at least 4 members (excludes halogenated alkanes) is 1. The first kappa shape index (κ1) is 9.60. The van der Waals surface area contributed by atoms with E-state index in [1.54, 1.807) is 0 Å². The largest absolute Gasteiger partial charge is 0.381 e. The lowest BCUT2D eigenvalue weighted by molar-refractivity contribution is 0.147. The Morgan fingerprint density at radius 3 is 2.78 bits per heavy atom. The Morgan fingerprint density at radius 1 is 1.44 bits per heavy atom. The molecule has 0 radical (unpaired) electrons. The zero-order chi connectivity index (χ0) is 6.95. The molecule has 0 aromatic carbocycles. The zero-order valence-corrected chi connectivity index (χ0v) is 7.30. The molecular formula is C6H13ClOS. The standard InChI is InChI=1S/C6H13ClOS/c1-2-3-4-8-5-6-9-7/h2-6H2,1H3. The monoisotopic (exact) mass is 168 g/mol. The molecule has 0 aliphatic rings. The van der Waals surface area contributed by atoms with E-state index in [4.69, 9.17) is 15.4 Å². The van der Waals surface area contributed by atoms with Crippen LogP contribution in [0.5, 0.6) is 0 Å². The summed E-state index contributed by atoms with van der Waals surface area (Å²) in [4.78, 5) is 0. The molecule has 0 spiro atoms. The second kappa shape index (κ2) is 8.60. The molecule has 0 aromatic heterocycles. The minimum absolute atomic E-state index is 0.786. The van der Waals surface area contributed by atoms with Crippen molar-refractivity contribution in [1.29, 1.82) is 0 Å². The van der Waals surface area contributed by atoms with Crippen molar-refractivity contribution in [2.75, 3.05) is 19.0 Å². The van der Waals surface area contributed by atoms with Gasteiger partial charge in [0, 0.05) is 12.4 Å². The highest BCUT2D eigenvalue weighted by Gasteiger charge is 1.85. The van der Waals surface area contributed by atoms with E-state index in [2.05, 4.69) is 6.92 Å². The van der Waals surface area contributed by atoms with Gasteiger partial charge in [0.15, 0.2) is 0 Å². The Hall–Kier alpha value is 0.600. The van der Waals surface area contributed by atoms with E-state index in [9.17, 15) is 0 Å². The summed E-state index contributed by atoms with van der Waals surface area (Å²) in [6, 6.07) is 0. The summed E-state index contributed by atoms with van der Waals surface area (Å²) in [5.74, 6) is 0.894. The minimum Gasteiger partial charge on any atom is -0.381 e. The minimum atomic E-state index is 0.786. The third-order valence-electron chi connectivity index (χ3n) is 0.947. The Kier molecular flexibility index (Phi) is 9.17. The number of halogens is 1. The van der Waals surface area contributed by atoms with Crippen molar-refractivity contribution in [2.24, 2.45) is 0 Å².